The first-order chi connectivity index (χ1) is 13.4. The number of hydrogen-bond donors (Lipinski definition) is 1. The van der Waals surface area contributed by atoms with Crippen LogP contribution in [0.3, 0.4) is 0 Å². The Hall–Kier alpha value is -3.82. The van der Waals surface area contributed by atoms with E-state index in [0.717, 1.165) is 0 Å². The topological polar surface area (TPSA) is 126 Å². The highest BCUT2D eigenvalue weighted by molar-refractivity contribution is 5.99. The number of nitro benzene ring substituents is 1. The first-order valence-electron chi connectivity index (χ1n) is 7.91. The Kier molecular flexibility index (Phi) is 6.74. The van der Waals surface area contributed by atoms with Crippen molar-refractivity contribution in [3.63, 3.8) is 0 Å². The monoisotopic (exact) mass is 390 g/mol. The second-order valence-corrected chi connectivity index (χ2v) is 5.30. The molecule has 10 nitrogen and oxygen atoms in total. The number of rotatable bonds is 8. The van der Waals surface area contributed by atoms with E-state index in [-0.39, 0.29) is 34.2 Å². The van der Waals surface area contributed by atoms with E-state index >= 15 is 0 Å². The minimum Gasteiger partial charge on any atom is -0.496 e. The van der Waals surface area contributed by atoms with E-state index in [2.05, 4.69) is 5.32 Å². The molecule has 0 aliphatic carbocycles. The lowest BCUT2D eigenvalue weighted by atomic mass is 10.2. The largest absolute Gasteiger partial charge is 0.496 e. The molecule has 2 rings (SSSR count). The molecular formula is C18H18N2O8. The fourth-order valence-corrected chi connectivity index (χ4v) is 2.34. The molecule has 148 valence electrons. The number of hydrogen-bond acceptors (Lipinski definition) is 8. The van der Waals surface area contributed by atoms with Crippen LogP contribution in [0.4, 0.5) is 11.4 Å². The Morgan fingerprint density at radius 2 is 1.61 bits per heavy atom. The highest BCUT2D eigenvalue weighted by Crippen LogP contribution is 2.30. The van der Waals surface area contributed by atoms with Crippen molar-refractivity contribution in [3.8, 4) is 17.2 Å². The average Bonchev–Trinajstić information content (AvgIpc) is 2.71. The van der Waals surface area contributed by atoms with Crippen LogP contribution >= 0.6 is 0 Å². The predicted octanol–water partition coefficient (Wildman–Crippen LogP) is 2.42. The van der Waals surface area contributed by atoms with Crippen molar-refractivity contribution in [2.45, 2.75) is 0 Å². The molecule has 0 heterocycles. The third kappa shape index (κ3) is 4.67. The first kappa shape index (κ1) is 20.5. The fourth-order valence-electron chi connectivity index (χ4n) is 2.34. The molecule has 2 aromatic rings. The number of esters is 1. The van der Waals surface area contributed by atoms with Gasteiger partial charge in [-0.3, -0.25) is 14.9 Å². The van der Waals surface area contributed by atoms with Crippen LogP contribution in [0.1, 0.15) is 10.4 Å². The molecule has 0 saturated carbocycles. The van der Waals surface area contributed by atoms with E-state index < -0.39 is 23.4 Å². The number of carbonyl (C=O) groups is 2. The smallest absolute Gasteiger partial charge is 0.346 e. The zero-order chi connectivity index (χ0) is 20.7. The van der Waals surface area contributed by atoms with Crippen LogP contribution in [-0.2, 0) is 9.53 Å². The molecule has 0 radical (unpaired) electrons. The van der Waals surface area contributed by atoms with Gasteiger partial charge in [-0.1, -0.05) is 6.07 Å². The van der Waals surface area contributed by atoms with Gasteiger partial charge in [-0.25, -0.2) is 4.79 Å². The fraction of sp³-hybridized carbons (Fsp3) is 0.222. The summed E-state index contributed by atoms with van der Waals surface area (Å²) in [4.78, 5) is 34.7. The van der Waals surface area contributed by atoms with Gasteiger partial charge >= 0.3 is 5.97 Å². The molecule has 0 atom stereocenters. The van der Waals surface area contributed by atoms with Gasteiger partial charge in [0, 0.05) is 6.07 Å². The molecule has 0 aliphatic heterocycles. The minimum atomic E-state index is -0.805. The first-order valence-corrected chi connectivity index (χ1v) is 7.91. The van der Waals surface area contributed by atoms with Crippen LogP contribution in [0.2, 0.25) is 0 Å². The van der Waals surface area contributed by atoms with Crippen LogP contribution in [0.5, 0.6) is 17.2 Å². The Morgan fingerprint density at radius 3 is 2.14 bits per heavy atom. The molecule has 1 amide bonds. The summed E-state index contributed by atoms with van der Waals surface area (Å²) >= 11 is 0. The number of nitro groups is 1. The Balaban J connectivity index is 2.07. The van der Waals surface area contributed by atoms with Gasteiger partial charge in [0.1, 0.15) is 22.8 Å². The third-order valence-electron chi connectivity index (χ3n) is 3.64. The van der Waals surface area contributed by atoms with Gasteiger partial charge in [-0.05, 0) is 18.2 Å². The minimum absolute atomic E-state index is 0.0493. The van der Waals surface area contributed by atoms with Crippen molar-refractivity contribution in [2.75, 3.05) is 33.3 Å². The molecular weight excluding hydrogens is 372 g/mol. The predicted molar refractivity (Wildman–Crippen MR) is 98.1 cm³/mol. The molecule has 0 saturated heterocycles. The number of carbonyl (C=O) groups excluding carboxylic acids is 2. The van der Waals surface area contributed by atoms with Gasteiger partial charge in [0.15, 0.2) is 6.61 Å². The van der Waals surface area contributed by atoms with Crippen LogP contribution in [0.15, 0.2) is 36.4 Å². The van der Waals surface area contributed by atoms with Crippen molar-refractivity contribution in [1.29, 1.82) is 0 Å². The van der Waals surface area contributed by atoms with Crippen molar-refractivity contribution < 1.29 is 33.5 Å². The summed E-state index contributed by atoms with van der Waals surface area (Å²) in [6.45, 7) is -0.597. The zero-order valence-electron chi connectivity index (χ0n) is 15.4. The summed E-state index contributed by atoms with van der Waals surface area (Å²) in [6, 6.07) is 8.45. The van der Waals surface area contributed by atoms with Gasteiger partial charge in [-0.15, -0.1) is 0 Å². The summed E-state index contributed by atoms with van der Waals surface area (Å²) < 4.78 is 20.3. The summed E-state index contributed by atoms with van der Waals surface area (Å²) in [5.41, 5.74) is 0.0572. The van der Waals surface area contributed by atoms with Gasteiger partial charge in [0.25, 0.3) is 11.6 Å². The number of non-ortho nitro benzene ring substituents is 1. The lowest BCUT2D eigenvalue weighted by Crippen LogP contribution is -2.21. The number of nitrogens with one attached hydrogen (secondary N) is 1. The van der Waals surface area contributed by atoms with E-state index in [1.807, 2.05) is 0 Å². The van der Waals surface area contributed by atoms with Crippen molar-refractivity contribution in [2.24, 2.45) is 0 Å². The molecule has 0 aromatic heterocycles. The Morgan fingerprint density at radius 1 is 1.00 bits per heavy atom. The van der Waals surface area contributed by atoms with Crippen molar-refractivity contribution in [3.05, 3.63) is 52.1 Å². The third-order valence-corrected chi connectivity index (χ3v) is 3.64. The molecule has 0 unspecified atom stereocenters. The molecule has 0 spiro atoms. The summed E-state index contributed by atoms with van der Waals surface area (Å²) in [5, 5.41) is 13.3. The molecule has 10 heteroatoms. The molecule has 0 bridgehead atoms. The number of benzene rings is 2. The molecule has 2 aromatic carbocycles. The number of ether oxygens (including phenoxy) is 4. The van der Waals surface area contributed by atoms with Crippen LogP contribution in [-0.4, -0.2) is 44.7 Å². The van der Waals surface area contributed by atoms with Crippen molar-refractivity contribution in [1.82, 2.24) is 0 Å². The lowest BCUT2D eigenvalue weighted by Gasteiger charge is -2.13. The normalized spacial score (nSPS) is 9.96. The maximum atomic E-state index is 12.3. The summed E-state index contributed by atoms with van der Waals surface area (Å²) in [7, 11) is 4.08. The van der Waals surface area contributed by atoms with E-state index in [1.165, 1.54) is 39.5 Å². The maximum absolute atomic E-state index is 12.3. The summed E-state index contributed by atoms with van der Waals surface area (Å²) in [6.07, 6.45) is 0. The van der Waals surface area contributed by atoms with Crippen molar-refractivity contribution >= 4 is 23.3 Å². The number of nitrogens with zero attached hydrogens (tertiary/aromatic N) is 1. The van der Waals surface area contributed by atoms with E-state index in [9.17, 15) is 19.7 Å². The Labute approximate surface area is 160 Å². The van der Waals surface area contributed by atoms with Gasteiger partial charge in [-0.2, -0.15) is 0 Å². The number of anilines is 1. The Bertz CT molecular complexity index is 875. The lowest BCUT2D eigenvalue weighted by molar-refractivity contribution is -0.384. The quantitative estimate of drug-likeness (QED) is 0.414. The molecule has 0 aliphatic rings. The molecule has 1 N–H and O–H groups in total. The van der Waals surface area contributed by atoms with E-state index in [4.69, 9.17) is 18.9 Å². The van der Waals surface area contributed by atoms with Gasteiger partial charge in [0.05, 0.1) is 38.0 Å². The molecule has 28 heavy (non-hydrogen) atoms. The standard InChI is InChI=1S/C18H18N2O8/c1-25-13-5-4-6-14(26-2)17(13)18(22)28-10-16(21)19-12-8-7-11(20(23)24)9-15(12)27-3/h4-9H,10H2,1-3H3,(H,19,21). The maximum Gasteiger partial charge on any atom is 0.346 e. The van der Waals surface area contributed by atoms with Crippen LogP contribution in [0, 0.1) is 10.1 Å². The van der Waals surface area contributed by atoms with E-state index in [1.54, 1.807) is 18.2 Å². The second-order valence-electron chi connectivity index (χ2n) is 5.30. The van der Waals surface area contributed by atoms with Gasteiger partial charge < -0.3 is 24.3 Å². The highest BCUT2D eigenvalue weighted by atomic mass is 16.6. The van der Waals surface area contributed by atoms with Crippen LogP contribution < -0.4 is 19.5 Å². The highest BCUT2D eigenvalue weighted by Gasteiger charge is 2.21. The second kappa shape index (κ2) is 9.21. The number of methoxy groups -OCH3 is 3. The number of amides is 1. The zero-order valence-corrected chi connectivity index (χ0v) is 15.4. The van der Waals surface area contributed by atoms with Gasteiger partial charge in [0.2, 0.25) is 0 Å². The summed E-state index contributed by atoms with van der Waals surface area (Å²) in [5.74, 6) is -0.890. The molecule has 0 fully saturated rings. The van der Waals surface area contributed by atoms with Crippen LogP contribution in [0.25, 0.3) is 0 Å². The SMILES string of the molecule is COc1cc([N+](=O)[O-])ccc1NC(=O)COC(=O)c1c(OC)cccc1OC. The average molecular weight is 390 g/mol. The van der Waals surface area contributed by atoms with E-state index in [0.29, 0.717) is 0 Å².